The number of nitrogens with one attached hydrogen (secondary N) is 2. The Bertz CT molecular complexity index is 791. The molecule has 2 aromatic rings. The molecule has 0 radical (unpaired) electrons. The van der Waals surface area contributed by atoms with Crippen LogP contribution >= 0.6 is 27.5 Å². The molecule has 0 unspecified atom stereocenters. The van der Waals surface area contributed by atoms with Crippen molar-refractivity contribution in [2.24, 2.45) is 5.10 Å². The summed E-state index contributed by atoms with van der Waals surface area (Å²) in [5.41, 5.74) is 4.70. The van der Waals surface area contributed by atoms with Crippen LogP contribution in [0.2, 0.25) is 5.02 Å². The van der Waals surface area contributed by atoms with Crippen LogP contribution in [0.1, 0.15) is 24.0 Å². The summed E-state index contributed by atoms with van der Waals surface area (Å²) in [5.74, 6) is -0.580. The molecule has 0 bridgehead atoms. The van der Waals surface area contributed by atoms with Crippen molar-refractivity contribution in [3.63, 3.8) is 0 Å². The molecule has 0 aliphatic carbocycles. The van der Waals surface area contributed by atoms with Crippen LogP contribution in [0.5, 0.6) is 0 Å². The quantitative estimate of drug-likeness (QED) is 0.539. The van der Waals surface area contributed by atoms with Crippen molar-refractivity contribution in [1.82, 2.24) is 5.43 Å². The van der Waals surface area contributed by atoms with Crippen LogP contribution in [0, 0.1) is 6.92 Å². The number of halogens is 2. The molecule has 7 heteroatoms. The molecule has 0 aliphatic rings. The molecule has 0 saturated heterocycles. The monoisotopic (exact) mass is 421 g/mol. The van der Waals surface area contributed by atoms with E-state index in [4.69, 9.17) is 11.6 Å². The molecule has 2 rings (SSSR count). The summed E-state index contributed by atoms with van der Waals surface area (Å²) in [6, 6.07) is 12.8. The molecular formula is C18H17BrClN3O2. The first-order chi connectivity index (χ1) is 12.0. The zero-order valence-corrected chi connectivity index (χ0v) is 15.9. The third-order valence-corrected chi connectivity index (χ3v) is 4.33. The summed E-state index contributed by atoms with van der Waals surface area (Å²) in [6.45, 7) is 1.82. The van der Waals surface area contributed by atoms with Crippen molar-refractivity contribution in [2.75, 3.05) is 5.32 Å². The Morgan fingerprint density at radius 2 is 1.80 bits per heavy atom. The van der Waals surface area contributed by atoms with Crippen LogP contribution < -0.4 is 10.7 Å². The maximum atomic E-state index is 11.9. The molecule has 2 aromatic carbocycles. The normalized spacial score (nSPS) is 10.7. The molecule has 5 nitrogen and oxygen atoms in total. The van der Waals surface area contributed by atoms with Gasteiger partial charge in [0, 0.05) is 28.0 Å². The number of carbonyl (C=O) groups is 2. The highest BCUT2D eigenvalue weighted by Gasteiger charge is 2.09. The van der Waals surface area contributed by atoms with Crippen molar-refractivity contribution in [3.8, 4) is 0 Å². The number of hydrogen-bond acceptors (Lipinski definition) is 3. The van der Waals surface area contributed by atoms with E-state index < -0.39 is 0 Å². The molecule has 0 heterocycles. The van der Waals surface area contributed by atoms with Gasteiger partial charge in [0.15, 0.2) is 0 Å². The Labute approximate surface area is 159 Å². The molecule has 25 heavy (non-hydrogen) atoms. The lowest BCUT2D eigenvalue weighted by atomic mass is 10.2. The van der Waals surface area contributed by atoms with Gasteiger partial charge in [0.05, 0.1) is 6.21 Å². The second-order valence-corrected chi connectivity index (χ2v) is 6.63. The van der Waals surface area contributed by atoms with Crippen LogP contribution in [-0.2, 0) is 9.59 Å². The van der Waals surface area contributed by atoms with Crippen molar-refractivity contribution in [3.05, 3.63) is 63.1 Å². The minimum absolute atomic E-state index is 0.0448. The lowest BCUT2D eigenvalue weighted by molar-refractivity contribution is -0.124. The topological polar surface area (TPSA) is 70.6 Å². The highest BCUT2D eigenvalue weighted by atomic mass is 79.9. The summed E-state index contributed by atoms with van der Waals surface area (Å²) >= 11 is 9.35. The first-order valence-electron chi connectivity index (χ1n) is 7.58. The molecular weight excluding hydrogens is 406 g/mol. The van der Waals surface area contributed by atoms with Gasteiger partial charge in [0.2, 0.25) is 11.8 Å². The summed E-state index contributed by atoms with van der Waals surface area (Å²) in [7, 11) is 0. The Hall–Kier alpha value is -2.18. The molecule has 0 aromatic heterocycles. The second-order valence-electron chi connectivity index (χ2n) is 5.31. The van der Waals surface area contributed by atoms with E-state index in [-0.39, 0.29) is 24.7 Å². The van der Waals surface area contributed by atoms with E-state index >= 15 is 0 Å². The first-order valence-corrected chi connectivity index (χ1v) is 8.75. The van der Waals surface area contributed by atoms with Crippen molar-refractivity contribution in [1.29, 1.82) is 0 Å². The van der Waals surface area contributed by atoms with Crippen LogP contribution in [-0.4, -0.2) is 18.0 Å². The molecule has 130 valence electrons. The number of nitrogens with zero attached hydrogens (tertiary/aromatic N) is 1. The van der Waals surface area contributed by atoms with Gasteiger partial charge >= 0.3 is 0 Å². The smallest absolute Gasteiger partial charge is 0.240 e. The largest absolute Gasteiger partial charge is 0.326 e. The van der Waals surface area contributed by atoms with E-state index in [1.165, 1.54) is 0 Å². The number of benzene rings is 2. The number of hydrogen-bond donors (Lipinski definition) is 2. The maximum absolute atomic E-state index is 11.9. The predicted molar refractivity (Wildman–Crippen MR) is 104 cm³/mol. The lowest BCUT2D eigenvalue weighted by Gasteiger charge is -2.09. The minimum Gasteiger partial charge on any atom is -0.326 e. The number of carbonyl (C=O) groups excluding carboxylic acids is 2. The fraction of sp³-hybridized carbons (Fsp3) is 0.167. The number of hydrazone groups is 1. The maximum Gasteiger partial charge on any atom is 0.240 e. The van der Waals surface area contributed by atoms with E-state index in [0.29, 0.717) is 10.7 Å². The molecule has 0 atom stereocenters. The van der Waals surface area contributed by atoms with Gasteiger partial charge in [0.25, 0.3) is 0 Å². The summed E-state index contributed by atoms with van der Waals surface area (Å²) in [4.78, 5) is 23.7. The minimum atomic E-state index is -0.327. The van der Waals surface area contributed by atoms with Crippen LogP contribution in [0.25, 0.3) is 0 Å². The zero-order valence-electron chi connectivity index (χ0n) is 13.6. The first kappa shape index (κ1) is 19.1. The van der Waals surface area contributed by atoms with Crippen LogP contribution in [0.15, 0.2) is 52.0 Å². The highest BCUT2D eigenvalue weighted by Crippen LogP contribution is 2.23. The number of anilines is 1. The van der Waals surface area contributed by atoms with Crippen LogP contribution in [0.3, 0.4) is 0 Å². The van der Waals surface area contributed by atoms with Gasteiger partial charge in [-0.15, -0.1) is 0 Å². The van der Waals surface area contributed by atoms with Crippen LogP contribution in [0.4, 0.5) is 5.69 Å². The Morgan fingerprint density at radius 1 is 1.12 bits per heavy atom. The Balaban J connectivity index is 1.76. The van der Waals surface area contributed by atoms with Crippen molar-refractivity contribution >= 4 is 51.2 Å². The zero-order chi connectivity index (χ0) is 18.2. The van der Waals surface area contributed by atoms with Gasteiger partial charge < -0.3 is 5.32 Å². The SMILES string of the molecule is Cc1c(Cl)cccc1NC(=O)CCC(=O)NN=Cc1ccc(Br)cc1. The van der Waals surface area contributed by atoms with E-state index in [2.05, 4.69) is 31.8 Å². The highest BCUT2D eigenvalue weighted by molar-refractivity contribution is 9.10. The molecule has 0 saturated carbocycles. The average molecular weight is 423 g/mol. The fourth-order valence-electron chi connectivity index (χ4n) is 1.97. The van der Waals surface area contributed by atoms with E-state index in [9.17, 15) is 9.59 Å². The van der Waals surface area contributed by atoms with Gasteiger partial charge in [-0.25, -0.2) is 5.43 Å². The predicted octanol–water partition coefficient (Wildman–Crippen LogP) is 4.28. The van der Waals surface area contributed by atoms with E-state index in [0.717, 1.165) is 15.6 Å². The van der Waals surface area contributed by atoms with Gasteiger partial charge in [-0.3, -0.25) is 9.59 Å². The molecule has 2 amide bonds. The summed E-state index contributed by atoms with van der Waals surface area (Å²) < 4.78 is 0.967. The van der Waals surface area contributed by atoms with Gasteiger partial charge in [-0.05, 0) is 42.3 Å². The van der Waals surface area contributed by atoms with Gasteiger partial charge in [0.1, 0.15) is 0 Å². The van der Waals surface area contributed by atoms with E-state index in [1.807, 2.05) is 31.2 Å². The molecule has 0 aliphatic heterocycles. The third-order valence-electron chi connectivity index (χ3n) is 3.39. The van der Waals surface area contributed by atoms with Crippen molar-refractivity contribution < 1.29 is 9.59 Å². The standard InChI is InChI=1S/C18H17BrClN3O2/c1-12-15(20)3-2-4-16(12)22-17(24)9-10-18(25)23-21-11-13-5-7-14(19)8-6-13/h2-8,11H,9-10H2,1H3,(H,22,24)(H,23,25). The third kappa shape index (κ3) is 6.32. The average Bonchev–Trinajstić information content (AvgIpc) is 2.59. The Kier molecular flexibility index (Phi) is 7.16. The second kappa shape index (κ2) is 9.34. The number of amides is 2. The summed E-state index contributed by atoms with van der Waals surface area (Å²) in [5, 5.41) is 7.20. The number of rotatable bonds is 6. The van der Waals surface area contributed by atoms with Gasteiger partial charge in [-0.2, -0.15) is 5.10 Å². The van der Waals surface area contributed by atoms with Crippen molar-refractivity contribution in [2.45, 2.75) is 19.8 Å². The van der Waals surface area contributed by atoms with Gasteiger partial charge in [-0.1, -0.05) is 45.7 Å². The molecule has 2 N–H and O–H groups in total. The fourth-order valence-corrected chi connectivity index (χ4v) is 2.41. The molecule has 0 spiro atoms. The van der Waals surface area contributed by atoms with E-state index in [1.54, 1.807) is 24.4 Å². The molecule has 0 fully saturated rings. The summed E-state index contributed by atoms with van der Waals surface area (Å²) in [6.07, 6.45) is 1.65. The Morgan fingerprint density at radius 3 is 2.52 bits per heavy atom. The lowest BCUT2D eigenvalue weighted by Crippen LogP contribution is -2.20.